The largest absolute Gasteiger partial charge is 0.399 e. The summed E-state index contributed by atoms with van der Waals surface area (Å²) in [5.41, 5.74) is 2.14. The normalized spacial score (nSPS) is 17.1. The van der Waals surface area contributed by atoms with Crippen molar-refractivity contribution in [2.75, 3.05) is 7.11 Å². The molecule has 0 aliphatic heterocycles. The quantitative estimate of drug-likeness (QED) is 0.560. The zero-order valence-electron chi connectivity index (χ0n) is 10.9. The monoisotopic (exact) mass is 265 g/mol. The molecule has 0 aromatic heterocycles. The van der Waals surface area contributed by atoms with Gasteiger partial charge in [0, 0.05) is 5.02 Å². The number of rotatable bonds is 5. The molecule has 1 aromatic carbocycles. The highest BCUT2D eigenvalue weighted by molar-refractivity contribution is 6.30. The fraction of sp³-hybridized carbons (Fsp3) is 0.533. The van der Waals surface area contributed by atoms with Crippen LogP contribution in [0.1, 0.15) is 44.1 Å². The molecule has 2 rings (SSSR count). The number of halogens is 1. The second-order valence-corrected chi connectivity index (χ2v) is 5.35. The zero-order valence-corrected chi connectivity index (χ0v) is 11.6. The van der Waals surface area contributed by atoms with Crippen LogP contribution in [0.5, 0.6) is 0 Å². The molecular formula is C15H20ClNO. The molecule has 1 saturated carbocycles. The molecule has 0 N–H and O–H groups in total. The second kappa shape index (κ2) is 6.79. The van der Waals surface area contributed by atoms with Gasteiger partial charge in [0.25, 0.3) is 0 Å². The van der Waals surface area contributed by atoms with Crippen LogP contribution in [0.4, 0.5) is 0 Å². The van der Waals surface area contributed by atoms with Gasteiger partial charge in [-0.25, -0.2) is 0 Å². The van der Waals surface area contributed by atoms with Gasteiger partial charge >= 0.3 is 0 Å². The average molecular weight is 266 g/mol. The molecule has 0 amide bonds. The molecule has 0 saturated heterocycles. The lowest BCUT2D eigenvalue weighted by molar-refractivity contribution is 0.212. The Labute approximate surface area is 114 Å². The summed E-state index contributed by atoms with van der Waals surface area (Å²) < 4.78 is 0. The van der Waals surface area contributed by atoms with Gasteiger partial charge in [-0.15, -0.1) is 0 Å². The molecule has 18 heavy (non-hydrogen) atoms. The zero-order chi connectivity index (χ0) is 12.8. The van der Waals surface area contributed by atoms with Crippen molar-refractivity contribution in [1.29, 1.82) is 0 Å². The Morgan fingerprint density at radius 2 is 1.94 bits per heavy atom. The fourth-order valence-electron chi connectivity index (χ4n) is 2.64. The predicted octanol–water partition coefficient (Wildman–Crippen LogP) is 4.66. The molecule has 98 valence electrons. The minimum absolute atomic E-state index is 0.756. The standard InChI is InChI=1S/C15H20ClNO/c1-18-17-15(11-6-12-4-2-3-5-12)13-7-9-14(16)10-8-13/h7-10,12H,2-6,11H2,1H3. The van der Waals surface area contributed by atoms with E-state index < -0.39 is 0 Å². The molecule has 0 bridgehead atoms. The highest BCUT2D eigenvalue weighted by Crippen LogP contribution is 2.29. The number of hydrogen-bond acceptors (Lipinski definition) is 2. The van der Waals surface area contributed by atoms with Gasteiger partial charge in [0.05, 0.1) is 5.71 Å². The summed E-state index contributed by atoms with van der Waals surface area (Å²) in [7, 11) is 1.60. The van der Waals surface area contributed by atoms with E-state index >= 15 is 0 Å². The lowest BCUT2D eigenvalue weighted by atomic mass is 9.97. The Morgan fingerprint density at radius 1 is 1.28 bits per heavy atom. The van der Waals surface area contributed by atoms with E-state index in [2.05, 4.69) is 5.16 Å². The van der Waals surface area contributed by atoms with E-state index in [0.29, 0.717) is 0 Å². The summed E-state index contributed by atoms with van der Waals surface area (Å²) in [6.45, 7) is 0. The van der Waals surface area contributed by atoms with Crippen LogP contribution in [0.2, 0.25) is 5.02 Å². The Bertz CT molecular complexity index is 393. The van der Waals surface area contributed by atoms with Crippen molar-refractivity contribution in [3.05, 3.63) is 34.9 Å². The van der Waals surface area contributed by atoms with E-state index in [9.17, 15) is 0 Å². The van der Waals surface area contributed by atoms with Gasteiger partial charge in [0.15, 0.2) is 0 Å². The Hall–Kier alpha value is -1.02. The molecule has 0 spiro atoms. The van der Waals surface area contributed by atoms with Crippen LogP contribution < -0.4 is 0 Å². The lowest BCUT2D eigenvalue weighted by Crippen LogP contribution is -2.05. The van der Waals surface area contributed by atoms with Crippen molar-refractivity contribution in [3.63, 3.8) is 0 Å². The lowest BCUT2D eigenvalue weighted by Gasteiger charge is -2.10. The van der Waals surface area contributed by atoms with Crippen LogP contribution in [-0.2, 0) is 4.84 Å². The minimum atomic E-state index is 0.756. The van der Waals surface area contributed by atoms with Crippen LogP contribution in [0, 0.1) is 5.92 Å². The third-order valence-electron chi connectivity index (χ3n) is 3.64. The molecule has 0 heterocycles. The molecule has 1 aliphatic carbocycles. The molecule has 1 fully saturated rings. The molecular weight excluding hydrogens is 246 g/mol. The summed E-state index contributed by atoms with van der Waals surface area (Å²) in [6.07, 6.45) is 7.73. The molecule has 0 unspecified atom stereocenters. The molecule has 1 aromatic rings. The first-order valence-electron chi connectivity index (χ1n) is 6.65. The topological polar surface area (TPSA) is 21.6 Å². The van der Waals surface area contributed by atoms with Gasteiger partial charge in [-0.2, -0.15) is 0 Å². The van der Waals surface area contributed by atoms with Gasteiger partial charge in [-0.05, 0) is 36.5 Å². The van der Waals surface area contributed by atoms with E-state index in [1.807, 2.05) is 24.3 Å². The number of oxime groups is 1. The Balaban J connectivity index is 1.99. The predicted molar refractivity (Wildman–Crippen MR) is 76.2 cm³/mol. The Morgan fingerprint density at radius 3 is 2.56 bits per heavy atom. The smallest absolute Gasteiger partial charge is 0.106 e. The van der Waals surface area contributed by atoms with E-state index in [1.165, 1.54) is 32.1 Å². The van der Waals surface area contributed by atoms with Crippen molar-refractivity contribution >= 4 is 17.3 Å². The summed E-state index contributed by atoms with van der Waals surface area (Å²) in [5.74, 6) is 0.874. The molecule has 3 heteroatoms. The van der Waals surface area contributed by atoms with Crippen molar-refractivity contribution < 1.29 is 4.84 Å². The van der Waals surface area contributed by atoms with E-state index in [1.54, 1.807) is 7.11 Å². The third-order valence-corrected chi connectivity index (χ3v) is 3.90. The highest BCUT2D eigenvalue weighted by Gasteiger charge is 2.16. The van der Waals surface area contributed by atoms with Gasteiger partial charge in [-0.3, -0.25) is 0 Å². The first-order chi connectivity index (χ1) is 8.79. The minimum Gasteiger partial charge on any atom is -0.399 e. The maximum atomic E-state index is 5.90. The maximum absolute atomic E-state index is 5.90. The number of hydrogen-bond donors (Lipinski definition) is 0. The van der Waals surface area contributed by atoms with Crippen LogP contribution in [0.25, 0.3) is 0 Å². The summed E-state index contributed by atoms with van der Waals surface area (Å²) >= 11 is 5.90. The van der Waals surface area contributed by atoms with E-state index in [0.717, 1.165) is 28.6 Å². The van der Waals surface area contributed by atoms with E-state index in [-0.39, 0.29) is 0 Å². The maximum Gasteiger partial charge on any atom is 0.106 e. The fourth-order valence-corrected chi connectivity index (χ4v) is 2.76. The van der Waals surface area contributed by atoms with E-state index in [4.69, 9.17) is 16.4 Å². The van der Waals surface area contributed by atoms with Crippen LogP contribution in [0.15, 0.2) is 29.4 Å². The molecule has 2 nitrogen and oxygen atoms in total. The van der Waals surface area contributed by atoms with Gasteiger partial charge in [-0.1, -0.05) is 54.6 Å². The molecule has 0 atom stereocenters. The second-order valence-electron chi connectivity index (χ2n) is 4.92. The van der Waals surface area contributed by atoms with Crippen LogP contribution in [0.3, 0.4) is 0 Å². The number of benzene rings is 1. The van der Waals surface area contributed by atoms with Gasteiger partial charge < -0.3 is 4.84 Å². The van der Waals surface area contributed by atoms with Crippen LogP contribution >= 0.6 is 11.6 Å². The van der Waals surface area contributed by atoms with Gasteiger partial charge in [0.1, 0.15) is 7.11 Å². The first kappa shape index (κ1) is 13.4. The van der Waals surface area contributed by atoms with Crippen molar-refractivity contribution in [3.8, 4) is 0 Å². The van der Waals surface area contributed by atoms with Crippen molar-refractivity contribution in [2.24, 2.45) is 11.1 Å². The number of nitrogens with zero attached hydrogens (tertiary/aromatic N) is 1. The summed E-state index contributed by atoms with van der Waals surface area (Å²) in [5, 5.41) is 4.91. The summed E-state index contributed by atoms with van der Waals surface area (Å²) in [4.78, 5) is 4.96. The summed E-state index contributed by atoms with van der Waals surface area (Å²) in [6, 6.07) is 7.82. The third kappa shape index (κ3) is 3.74. The van der Waals surface area contributed by atoms with Crippen LogP contribution in [-0.4, -0.2) is 12.8 Å². The van der Waals surface area contributed by atoms with Crippen molar-refractivity contribution in [1.82, 2.24) is 0 Å². The highest BCUT2D eigenvalue weighted by atomic mass is 35.5. The molecule has 0 radical (unpaired) electrons. The average Bonchev–Trinajstić information content (AvgIpc) is 2.89. The Kier molecular flexibility index (Phi) is 5.06. The van der Waals surface area contributed by atoms with Crippen molar-refractivity contribution in [2.45, 2.75) is 38.5 Å². The first-order valence-corrected chi connectivity index (χ1v) is 7.03. The molecule has 1 aliphatic rings. The van der Waals surface area contributed by atoms with Gasteiger partial charge in [0.2, 0.25) is 0 Å². The SMILES string of the molecule is CON=C(CCC1CCCC1)c1ccc(Cl)cc1.